The number of hydrogen-bond donors (Lipinski definition) is 0. The highest BCUT2D eigenvalue weighted by atomic mass is 32.2. The molecule has 2 heterocycles. The SMILES string of the molecule is CC1(C)CCc2nnc(-c3cccc(S(C)(=O)=O)c3)n2C1. The van der Waals surface area contributed by atoms with Gasteiger partial charge in [-0.1, -0.05) is 26.0 Å². The van der Waals surface area contributed by atoms with Gasteiger partial charge in [-0.25, -0.2) is 8.42 Å². The lowest BCUT2D eigenvalue weighted by atomic mass is 9.85. The quantitative estimate of drug-likeness (QED) is 0.854. The fraction of sp³-hybridized carbons (Fsp3) is 0.467. The maximum Gasteiger partial charge on any atom is 0.175 e. The summed E-state index contributed by atoms with van der Waals surface area (Å²) >= 11 is 0. The molecule has 0 N–H and O–H groups in total. The van der Waals surface area contributed by atoms with Gasteiger partial charge in [0.2, 0.25) is 0 Å². The molecule has 1 aromatic heterocycles. The Labute approximate surface area is 124 Å². The Morgan fingerprint density at radius 3 is 2.71 bits per heavy atom. The minimum Gasteiger partial charge on any atom is -0.310 e. The minimum atomic E-state index is -3.22. The van der Waals surface area contributed by atoms with Gasteiger partial charge in [-0.2, -0.15) is 0 Å². The lowest BCUT2D eigenvalue weighted by molar-refractivity contribution is 0.248. The van der Waals surface area contributed by atoms with Crippen LogP contribution in [0.4, 0.5) is 0 Å². The Morgan fingerprint density at radius 2 is 2.00 bits per heavy atom. The number of nitrogens with zero attached hydrogens (tertiary/aromatic N) is 3. The highest BCUT2D eigenvalue weighted by Crippen LogP contribution is 2.33. The molecule has 0 amide bonds. The summed E-state index contributed by atoms with van der Waals surface area (Å²) in [5.74, 6) is 1.73. The fourth-order valence-electron chi connectivity index (χ4n) is 2.72. The Kier molecular flexibility index (Phi) is 3.16. The predicted octanol–water partition coefficient (Wildman–Crippen LogP) is 2.32. The van der Waals surface area contributed by atoms with E-state index < -0.39 is 9.84 Å². The van der Waals surface area contributed by atoms with Crippen LogP contribution < -0.4 is 0 Å². The van der Waals surface area contributed by atoms with E-state index >= 15 is 0 Å². The van der Waals surface area contributed by atoms with E-state index in [1.807, 2.05) is 6.07 Å². The molecular formula is C15H19N3O2S. The molecule has 0 saturated carbocycles. The molecule has 0 saturated heterocycles. The number of rotatable bonds is 2. The zero-order valence-corrected chi connectivity index (χ0v) is 13.3. The van der Waals surface area contributed by atoms with Crippen molar-refractivity contribution in [3.05, 3.63) is 30.1 Å². The van der Waals surface area contributed by atoms with Gasteiger partial charge >= 0.3 is 0 Å². The first kappa shape index (κ1) is 14.3. The third kappa shape index (κ3) is 2.72. The molecule has 6 heteroatoms. The number of fused-ring (bicyclic) bond motifs is 1. The average Bonchev–Trinajstić information content (AvgIpc) is 2.79. The predicted molar refractivity (Wildman–Crippen MR) is 80.7 cm³/mol. The molecule has 5 nitrogen and oxygen atoms in total. The minimum absolute atomic E-state index is 0.207. The molecule has 1 aliphatic heterocycles. The first-order valence-corrected chi connectivity index (χ1v) is 8.88. The largest absolute Gasteiger partial charge is 0.310 e. The summed E-state index contributed by atoms with van der Waals surface area (Å²) in [6, 6.07) is 6.92. The first-order valence-electron chi connectivity index (χ1n) is 6.99. The van der Waals surface area contributed by atoms with Crippen molar-refractivity contribution < 1.29 is 8.42 Å². The highest BCUT2D eigenvalue weighted by molar-refractivity contribution is 7.90. The molecule has 0 fully saturated rings. The average molecular weight is 305 g/mol. The highest BCUT2D eigenvalue weighted by Gasteiger charge is 2.28. The summed E-state index contributed by atoms with van der Waals surface area (Å²) in [4.78, 5) is 0.312. The maximum absolute atomic E-state index is 11.7. The lowest BCUT2D eigenvalue weighted by Crippen LogP contribution is -2.27. The van der Waals surface area contributed by atoms with Gasteiger partial charge in [-0.3, -0.25) is 0 Å². The van der Waals surface area contributed by atoms with E-state index in [-0.39, 0.29) is 5.41 Å². The van der Waals surface area contributed by atoms with Gasteiger partial charge in [0.15, 0.2) is 15.7 Å². The van der Waals surface area contributed by atoms with Crippen molar-refractivity contribution >= 4 is 9.84 Å². The second-order valence-corrected chi connectivity index (χ2v) is 8.51. The molecule has 2 aromatic rings. The van der Waals surface area contributed by atoms with Crippen molar-refractivity contribution in [2.45, 2.75) is 38.1 Å². The van der Waals surface area contributed by atoms with Gasteiger partial charge in [0.25, 0.3) is 0 Å². The van der Waals surface area contributed by atoms with E-state index in [0.29, 0.717) is 4.90 Å². The Bertz CT molecular complexity index is 791. The van der Waals surface area contributed by atoms with Crippen LogP contribution in [0.1, 0.15) is 26.1 Å². The summed E-state index contributed by atoms with van der Waals surface area (Å²) in [7, 11) is -3.22. The standard InChI is InChI=1S/C15H19N3O2S/c1-15(2)8-7-13-16-17-14(18(13)10-15)11-5-4-6-12(9-11)21(3,19)20/h4-6,9H,7-8,10H2,1-3H3. The van der Waals surface area contributed by atoms with E-state index in [4.69, 9.17) is 0 Å². The molecule has 0 bridgehead atoms. The van der Waals surface area contributed by atoms with E-state index in [1.54, 1.807) is 18.2 Å². The Balaban J connectivity index is 2.09. The zero-order chi connectivity index (χ0) is 15.3. The summed E-state index contributed by atoms with van der Waals surface area (Å²) in [6.07, 6.45) is 3.22. The van der Waals surface area contributed by atoms with Crippen molar-refractivity contribution in [2.24, 2.45) is 5.41 Å². The van der Waals surface area contributed by atoms with E-state index in [2.05, 4.69) is 28.6 Å². The number of benzene rings is 1. The van der Waals surface area contributed by atoms with Crippen molar-refractivity contribution in [1.82, 2.24) is 14.8 Å². The van der Waals surface area contributed by atoms with Crippen LogP contribution in [0, 0.1) is 5.41 Å². The monoisotopic (exact) mass is 305 g/mol. The van der Waals surface area contributed by atoms with E-state index in [1.165, 1.54) is 6.26 Å². The fourth-order valence-corrected chi connectivity index (χ4v) is 3.39. The van der Waals surface area contributed by atoms with Crippen LogP contribution in [0.15, 0.2) is 29.2 Å². The van der Waals surface area contributed by atoms with Gasteiger partial charge in [0.1, 0.15) is 5.82 Å². The van der Waals surface area contributed by atoms with Crippen molar-refractivity contribution in [3.8, 4) is 11.4 Å². The maximum atomic E-state index is 11.7. The zero-order valence-electron chi connectivity index (χ0n) is 12.5. The smallest absolute Gasteiger partial charge is 0.175 e. The Hall–Kier alpha value is -1.69. The molecule has 21 heavy (non-hydrogen) atoms. The molecule has 0 aliphatic carbocycles. The first-order chi connectivity index (χ1) is 9.76. The van der Waals surface area contributed by atoms with Gasteiger partial charge in [0.05, 0.1) is 4.90 Å². The summed E-state index contributed by atoms with van der Waals surface area (Å²) < 4.78 is 25.5. The summed E-state index contributed by atoms with van der Waals surface area (Å²) in [5.41, 5.74) is 1.01. The molecule has 1 aromatic carbocycles. The summed E-state index contributed by atoms with van der Waals surface area (Å²) in [5, 5.41) is 8.53. The van der Waals surface area contributed by atoms with Crippen LogP contribution in [0.3, 0.4) is 0 Å². The van der Waals surface area contributed by atoms with Crippen molar-refractivity contribution in [2.75, 3.05) is 6.26 Å². The number of sulfone groups is 1. The molecule has 0 spiro atoms. The third-order valence-electron chi connectivity index (χ3n) is 3.96. The normalized spacial score (nSPS) is 17.5. The molecule has 3 rings (SSSR count). The Morgan fingerprint density at radius 1 is 1.24 bits per heavy atom. The molecule has 1 aliphatic rings. The third-order valence-corrected chi connectivity index (χ3v) is 5.07. The number of aromatic nitrogens is 3. The van der Waals surface area contributed by atoms with Gasteiger partial charge < -0.3 is 4.57 Å². The van der Waals surface area contributed by atoms with Crippen LogP contribution in [0.5, 0.6) is 0 Å². The topological polar surface area (TPSA) is 64.8 Å². The van der Waals surface area contributed by atoms with Crippen LogP contribution in [0.25, 0.3) is 11.4 Å². The van der Waals surface area contributed by atoms with Gasteiger partial charge in [0, 0.05) is 24.8 Å². The number of hydrogen-bond acceptors (Lipinski definition) is 4. The lowest BCUT2D eigenvalue weighted by Gasteiger charge is -2.30. The molecule has 0 unspecified atom stereocenters. The van der Waals surface area contributed by atoms with E-state index in [0.717, 1.165) is 36.6 Å². The molecule has 0 atom stereocenters. The van der Waals surface area contributed by atoms with Crippen molar-refractivity contribution in [1.29, 1.82) is 0 Å². The van der Waals surface area contributed by atoms with Crippen LogP contribution in [-0.4, -0.2) is 29.4 Å². The molecule has 0 radical (unpaired) electrons. The van der Waals surface area contributed by atoms with Gasteiger partial charge in [-0.15, -0.1) is 10.2 Å². The van der Waals surface area contributed by atoms with Crippen LogP contribution in [0.2, 0.25) is 0 Å². The van der Waals surface area contributed by atoms with Crippen LogP contribution in [-0.2, 0) is 22.8 Å². The van der Waals surface area contributed by atoms with Crippen molar-refractivity contribution in [3.63, 3.8) is 0 Å². The summed E-state index contributed by atoms with van der Waals surface area (Å²) in [6.45, 7) is 5.31. The second-order valence-electron chi connectivity index (χ2n) is 6.49. The second kappa shape index (κ2) is 4.66. The van der Waals surface area contributed by atoms with Crippen LogP contribution >= 0.6 is 0 Å². The van der Waals surface area contributed by atoms with E-state index in [9.17, 15) is 8.42 Å². The van der Waals surface area contributed by atoms with Gasteiger partial charge in [-0.05, 0) is 24.0 Å². The number of aryl methyl sites for hydroxylation is 1. The molecule has 112 valence electrons. The molecular weight excluding hydrogens is 286 g/mol.